The van der Waals surface area contributed by atoms with Gasteiger partial charge in [0.2, 0.25) is 0 Å². The predicted molar refractivity (Wildman–Crippen MR) is 71.7 cm³/mol. The minimum Gasteiger partial charge on any atom is -0.340 e. The van der Waals surface area contributed by atoms with E-state index in [1.165, 1.54) is 12.1 Å². The lowest BCUT2D eigenvalue weighted by molar-refractivity contribution is -0.138. The molecule has 0 aliphatic carbocycles. The molecule has 1 heterocycles. The first-order valence-corrected chi connectivity index (χ1v) is 6.30. The fourth-order valence-corrected chi connectivity index (χ4v) is 2.08. The van der Waals surface area contributed by atoms with Crippen LogP contribution >= 0.6 is 27.5 Å². The molecule has 0 aliphatic heterocycles. The Kier molecular flexibility index (Phi) is 4.01. The van der Waals surface area contributed by atoms with Gasteiger partial charge in [-0.25, -0.2) is 4.98 Å². The molecule has 0 saturated heterocycles. The molecule has 0 aliphatic rings. The van der Waals surface area contributed by atoms with Crippen LogP contribution in [0, 0.1) is 0 Å². The van der Waals surface area contributed by atoms with Crippen molar-refractivity contribution in [3.63, 3.8) is 0 Å². The van der Waals surface area contributed by atoms with Crippen LogP contribution in [0.5, 0.6) is 0 Å². The fraction of sp³-hybridized carbons (Fsp3) is 0.0833. The molecule has 19 heavy (non-hydrogen) atoms. The summed E-state index contributed by atoms with van der Waals surface area (Å²) in [6.45, 7) is 0. The van der Waals surface area contributed by atoms with Crippen molar-refractivity contribution in [1.82, 2.24) is 4.98 Å². The Bertz CT molecular complexity index is 602. The van der Waals surface area contributed by atoms with Gasteiger partial charge in [0, 0.05) is 10.2 Å². The Hall–Kier alpha value is -1.27. The standard InChI is InChI=1S/C12H7BrClF3N2/c13-9-5-4-7(6-8(9)12(15,16)17)18-11-3-1-2-10(14)19-11/h1-6H,(H,18,19). The summed E-state index contributed by atoms with van der Waals surface area (Å²) < 4.78 is 38.2. The van der Waals surface area contributed by atoms with Crippen LogP contribution in [0.4, 0.5) is 24.7 Å². The highest BCUT2D eigenvalue weighted by Crippen LogP contribution is 2.36. The predicted octanol–water partition coefficient (Wildman–Crippen LogP) is 5.26. The third-order valence-corrected chi connectivity index (χ3v) is 3.16. The maximum atomic E-state index is 12.7. The third-order valence-electron chi connectivity index (χ3n) is 2.26. The summed E-state index contributed by atoms with van der Waals surface area (Å²) in [4.78, 5) is 3.94. The molecule has 100 valence electrons. The molecular weight excluding hydrogens is 344 g/mol. The Labute approximate surface area is 120 Å². The van der Waals surface area contributed by atoms with Gasteiger partial charge in [-0.1, -0.05) is 33.6 Å². The van der Waals surface area contributed by atoms with Gasteiger partial charge in [-0.3, -0.25) is 0 Å². The molecule has 0 saturated carbocycles. The monoisotopic (exact) mass is 350 g/mol. The molecule has 0 spiro atoms. The number of anilines is 2. The second kappa shape index (κ2) is 5.38. The van der Waals surface area contributed by atoms with E-state index in [2.05, 4.69) is 26.2 Å². The van der Waals surface area contributed by atoms with Gasteiger partial charge in [0.25, 0.3) is 0 Å². The lowest BCUT2D eigenvalue weighted by Gasteiger charge is -2.12. The number of alkyl halides is 3. The molecule has 0 fully saturated rings. The number of benzene rings is 1. The zero-order chi connectivity index (χ0) is 14.0. The summed E-state index contributed by atoms with van der Waals surface area (Å²) in [5, 5.41) is 3.03. The van der Waals surface area contributed by atoms with Crippen molar-refractivity contribution in [2.45, 2.75) is 6.18 Å². The summed E-state index contributed by atoms with van der Waals surface area (Å²) in [5.74, 6) is 0.378. The van der Waals surface area contributed by atoms with Gasteiger partial charge in [0.15, 0.2) is 0 Å². The number of hydrogen-bond acceptors (Lipinski definition) is 2. The van der Waals surface area contributed by atoms with Gasteiger partial charge < -0.3 is 5.32 Å². The molecule has 2 nitrogen and oxygen atoms in total. The highest BCUT2D eigenvalue weighted by molar-refractivity contribution is 9.10. The van der Waals surface area contributed by atoms with Crippen LogP contribution in [0.25, 0.3) is 0 Å². The van der Waals surface area contributed by atoms with E-state index in [-0.39, 0.29) is 15.3 Å². The molecule has 0 bridgehead atoms. The lowest BCUT2D eigenvalue weighted by Crippen LogP contribution is -2.06. The Morgan fingerprint density at radius 3 is 2.53 bits per heavy atom. The Balaban J connectivity index is 2.32. The van der Waals surface area contributed by atoms with Crippen LogP contribution in [0.2, 0.25) is 5.15 Å². The number of halogens is 5. The number of pyridine rings is 1. The normalized spacial score (nSPS) is 11.4. The van der Waals surface area contributed by atoms with Crippen LogP contribution in [-0.4, -0.2) is 4.98 Å². The van der Waals surface area contributed by atoms with Gasteiger partial charge in [0.1, 0.15) is 11.0 Å². The second-order valence-corrected chi connectivity index (χ2v) is 4.90. The molecule has 0 radical (unpaired) electrons. The van der Waals surface area contributed by atoms with Gasteiger partial charge in [0.05, 0.1) is 5.56 Å². The molecule has 0 atom stereocenters. The van der Waals surface area contributed by atoms with Crippen LogP contribution < -0.4 is 5.32 Å². The summed E-state index contributed by atoms with van der Waals surface area (Å²) in [6, 6.07) is 8.70. The molecule has 1 N–H and O–H groups in total. The third kappa shape index (κ3) is 3.61. The van der Waals surface area contributed by atoms with E-state index in [4.69, 9.17) is 11.6 Å². The smallest absolute Gasteiger partial charge is 0.340 e. The van der Waals surface area contributed by atoms with E-state index >= 15 is 0 Å². The van der Waals surface area contributed by atoms with Crippen LogP contribution in [0.15, 0.2) is 40.9 Å². The van der Waals surface area contributed by atoms with Crippen molar-refractivity contribution in [3.8, 4) is 0 Å². The van der Waals surface area contributed by atoms with Gasteiger partial charge in [-0.15, -0.1) is 0 Å². The van der Waals surface area contributed by atoms with E-state index in [0.717, 1.165) is 6.07 Å². The van der Waals surface area contributed by atoms with Crippen molar-refractivity contribution in [2.24, 2.45) is 0 Å². The van der Waals surface area contributed by atoms with Crippen molar-refractivity contribution >= 4 is 39.0 Å². The zero-order valence-corrected chi connectivity index (χ0v) is 11.6. The topological polar surface area (TPSA) is 24.9 Å². The second-order valence-electron chi connectivity index (χ2n) is 3.66. The number of hydrogen-bond donors (Lipinski definition) is 1. The van der Waals surface area contributed by atoms with Crippen molar-refractivity contribution in [2.75, 3.05) is 5.32 Å². The van der Waals surface area contributed by atoms with Crippen LogP contribution in [-0.2, 0) is 6.18 Å². The van der Waals surface area contributed by atoms with Gasteiger partial charge >= 0.3 is 6.18 Å². The molecule has 2 rings (SSSR count). The quantitative estimate of drug-likeness (QED) is 0.747. The van der Waals surface area contributed by atoms with Crippen molar-refractivity contribution < 1.29 is 13.2 Å². The minimum absolute atomic E-state index is 0.00963. The highest BCUT2D eigenvalue weighted by Gasteiger charge is 2.33. The molecule has 0 unspecified atom stereocenters. The highest BCUT2D eigenvalue weighted by atomic mass is 79.9. The number of nitrogens with zero attached hydrogens (tertiary/aromatic N) is 1. The van der Waals surface area contributed by atoms with Crippen molar-refractivity contribution in [1.29, 1.82) is 0 Å². The van der Waals surface area contributed by atoms with Crippen molar-refractivity contribution in [3.05, 3.63) is 51.6 Å². The van der Waals surface area contributed by atoms with E-state index in [1.54, 1.807) is 18.2 Å². The number of aromatic nitrogens is 1. The zero-order valence-electron chi connectivity index (χ0n) is 9.30. The Morgan fingerprint density at radius 2 is 1.89 bits per heavy atom. The van der Waals surface area contributed by atoms with E-state index < -0.39 is 11.7 Å². The van der Waals surface area contributed by atoms with E-state index in [0.29, 0.717) is 5.82 Å². The first-order chi connectivity index (χ1) is 8.86. The summed E-state index contributed by atoms with van der Waals surface area (Å²) >= 11 is 8.58. The van der Waals surface area contributed by atoms with Crippen LogP contribution in [0.1, 0.15) is 5.56 Å². The maximum absolute atomic E-state index is 12.7. The average molecular weight is 352 g/mol. The maximum Gasteiger partial charge on any atom is 0.417 e. The molecule has 1 aromatic carbocycles. The lowest BCUT2D eigenvalue weighted by atomic mass is 10.2. The summed E-state index contributed by atoms with van der Waals surface area (Å²) in [5.41, 5.74) is -0.468. The summed E-state index contributed by atoms with van der Waals surface area (Å²) in [7, 11) is 0. The van der Waals surface area contributed by atoms with E-state index in [9.17, 15) is 13.2 Å². The molecule has 0 amide bonds. The van der Waals surface area contributed by atoms with E-state index in [1.807, 2.05) is 0 Å². The average Bonchev–Trinajstić information content (AvgIpc) is 2.30. The summed E-state index contributed by atoms with van der Waals surface area (Å²) in [6.07, 6.45) is -4.42. The number of nitrogens with one attached hydrogen (secondary N) is 1. The minimum atomic E-state index is -4.42. The number of rotatable bonds is 2. The van der Waals surface area contributed by atoms with Crippen LogP contribution in [0.3, 0.4) is 0 Å². The largest absolute Gasteiger partial charge is 0.417 e. The SMILES string of the molecule is FC(F)(F)c1cc(Nc2cccc(Cl)n2)ccc1Br. The molecule has 7 heteroatoms. The molecule has 1 aromatic heterocycles. The first kappa shape index (κ1) is 14.1. The Morgan fingerprint density at radius 1 is 1.16 bits per heavy atom. The fourth-order valence-electron chi connectivity index (χ4n) is 1.45. The van der Waals surface area contributed by atoms with Gasteiger partial charge in [-0.2, -0.15) is 13.2 Å². The first-order valence-electron chi connectivity index (χ1n) is 5.12. The molecule has 2 aromatic rings. The molecular formula is C12H7BrClF3N2. The van der Waals surface area contributed by atoms with Gasteiger partial charge in [-0.05, 0) is 30.3 Å².